The molecule has 2 heterocycles. The number of hydrogen-bond acceptors (Lipinski definition) is 6. The fourth-order valence-electron chi connectivity index (χ4n) is 1.85. The van der Waals surface area contributed by atoms with E-state index < -0.39 is 22.0 Å². The van der Waals surface area contributed by atoms with Gasteiger partial charge in [-0.3, -0.25) is 4.68 Å². The topological polar surface area (TPSA) is 114 Å². The van der Waals surface area contributed by atoms with E-state index in [1.165, 1.54) is 18.4 Å². The Hall–Kier alpha value is -1.78. The fourth-order valence-corrected chi connectivity index (χ4v) is 4.29. The molecule has 0 aromatic carbocycles. The van der Waals surface area contributed by atoms with E-state index in [9.17, 15) is 13.2 Å². The summed E-state index contributed by atoms with van der Waals surface area (Å²) in [7, 11) is -2.64. The number of aromatic nitrogens is 3. The monoisotopic (exact) mass is 330 g/mol. The summed E-state index contributed by atoms with van der Waals surface area (Å²) in [6.07, 6.45) is 3.10. The third kappa shape index (κ3) is 3.12. The Bertz CT molecular complexity index is 736. The molecule has 0 radical (unpaired) electrons. The average Bonchev–Trinajstić information content (AvgIpc) is 3.04. The standard InChI is InChI=1S/C11H14N4O4S2/c1-3-8(9-12-4-5-20-9)14-21(18,19)10-7(11(16)17)6-13-15(10)2/h4-6,8,14H,3H2,1-2H3,(H,16,17). The molecule has 0 aliphatic rings. The largest absolute Gasteiger partial charge is 0.478 e. The third-order valence-electron chi connectivity index (χ3n) is 2.82. The molecular formula is C11H14N4O4S2. The van der Waals surface area contributed by atoms with E-state index in [0.717, 1.165) is 10.9 Å². The highest BCUT2D eigenvalue weighted by atomic mass is 32.2. The normalized spacial score (nSPS) is 13.2. The molecule has 1 unspecified atom stereocenters. The van der Waals surface area contributed by atoms with E-state index in [1.807, 2.05) is 6.92 Å². The summed E-state index contributed by atoms with van der Waals surface area (Å²) in [5, 5.41) is 14.8. The van der Waals surface area contributed by atoms with Crippen LogP contribution in [-0.2, 0) is 17.1 Å². The van der Waals surface area contributed by atoms with Crippen LogP contribution in [0.15, 0.2) is 22.8 Å². The lowest BCUT2D eigenvalue weighted by Gasteiger charge is -2.15. The van der Waals surface area contributed by atoms with E-state index in [4.69, 9.17) is 5.11 Å². The quantitative estimate of drug-likeness (QED) is 0.817. The van der Waals surface area contributed by atoms with Gasteiger partial charge in [0.15, 0.2) is 5.03 Å². The van der Waals surface area contributed by atoms with Gasteiger partial charge in [0.1, 0.15) is 10.6 Å². The van der Waals surface area contributed by atoms with Crippen LogP contribution in [0.25, 0.3) is 0 Å². The molecule has 2 N–H and O–H groups in total. The van der Waals surface area contributed by atoms with Gasteiger partial charge in [-0.05, 0) is 6.42 Å². The first-order valence-corrected chi connectivity index (χ1v) is 8.40. The molecule has 114 valence electrons. The Balaban J connectivity index is 2.39. The van der Waals surface area contributed by atoms with Crippen LogP contribution in [-0.4, -0.2) is 34.3 Å². The van der Waals surface area contributed by atoms with Crippen LogP contribution < -0.4 is 4.72 Å². The highest BCUT2D eigenvalue weighted by Gasteiger charge is 2.30. The number of nitrogens with zero attached hydrogens (tertiary/aromatic N) is 3. The zero-order valence-corrected chi connectivity index (χ0v) is 13.0. The number of thiazole rings is 1. The Labute approximate surface area is 125 Å². The van der Waals surface area contributed by atoms with Crippen LogP contribution in [0, 0.1) is 0 Å². The molecule has 8 nitrogen and oxygen atoms in total. The number of aryl methyl sites for hydroxylation is 1. The van der Waals surface area contributed by atoms with Crippen molar-refractivity contribution in [2.45, 2.75) is 24.4 Å². The number of aromatic carboxylic acids is 1. The van der Waals surface area contributed by atoms with Crippen molar-refractivity contribution in [1.82, 2.24) is 19.5 Å². The van der Waals surface area contributed by atoms with Crippen molar-refractivity contribution in [3.63, 3.8) is 0 Å². The van der Waals surface area contributed by atoms with Crippen molar-refractivity contribution in [3.05, 3.63) is 28.3 Å². The lowest BCUT2D eigenvalue weighted by Crippen LogP contribution is -2.31. The summed E-state index contributed by atoms with van der Waals surface area (Å²) >= 11 is 1.33. The molecule has 0 saturated carbocycles. The first-order valence-electron chi connectivity index (χ1n) is 6.03. The molecule has 0 fully saturated rings. The molecule has 0 saturated heterocycles. The van der Waals surface area contributed by atoms with Crippen LogP contribution >= 0.6 is 11.3 Å². The third-order valence-corrected chi connectivity index (χ3v) is 5.30. The van der Waals surface area contributed by atoms with Crippen molar-refractivity contribution < 1.29 is 18.3 Å². The lowest BCUT2D eigenvalue weighted by atomic mass is 10.3. The molecule has 1 atom stereocenters. The summed E-state index contributed by atoms with van der Waals surface area (Å²) < 4.78 is 28.4. The molecule has 0 aliphatic carbocycles. The smallest absolute Gasteiger partial charge is 0.340 e. The van der Waals surface area contributed by atoms with Crippen LogP contribution in [0.1, 0.15) is 34.8 Å². The number of hydrogen-bond donors (Lipinski definition) is 2. The van der Waals surface area contributed by atoms with Gasteiger partial charge in [0, 0.05) is 18.6 Å². The van der Waals surface area contributed by atoms with Crippen molar-refractivity contribution in [2.24, 2.45) is 7.05 Å². The van der Waals surface area contributed by atoms with Gasteiger partial charge in [-0.1, -0.05) is 6.92 Å². The van der Waals surface area contributed by atoms with E-state index >= 15 is 0 Å². The highest BCUT2D eigenvalue weighted by Crippen LogP contribution is 2.23. The number of carboxylic acid groups (broad SMARTS) is 1. The molecule has 10 heteroatoms. The van der Waals surface area contributed by atoms with Crippen LogP contribution in [0.2, 0.25) is 0 Å². The number of rotatable bonds is 6. The molecule has 2 rings (SSSR count). The number of carboxylic acids is 1. The van der Waals surface area contributed by atoms with Gasteiger partial charge in [-0.25, -0.2) is 18.2 Å². The van der Waals surface area contributed by atoms with E-state index in [0.29, 0.717) is 11.4 Å². The summed E-state index contributed by atoms with van der Waals surface area (Å²) in [6, 6.07) is -0.508. The second kappa shape index (κ2) is 5.92. The SMILES string of the molecule is CCC(NS(=O)(=O)c1c(C(=O)O)cnn1C)c1nccs1. The van der Waals surface area contributed by atoms with E-state index in [-0.39, 0.29) is 10.6 Å². The lowest BCUT2D eigenvalue weighted by molar-refractivity contribution is 0.0692. The minimum atomic E-state index is -4.02. The van der Waals surface area contributed by atoms with Gasteiger partial charge in [0.25, 0.3) is 10.0 Å². The maximum absolute atomic E-state index is 12.4. The van der Waals surface area contributed by atoms with Crippen LogP contribution in [0.3, 0.4) is 0 Å². The van der Waals surface area contributed by atoms with Crippen LogP contribution in [0.5, 0.6) is 0 Å². The Morgan fingerprint density at radius 2 is 2.29 bits per heavy atom. The van der Waals surface area contributed by atoms with Crippen LogP contribution in [0.4, 0.5) is 0 Å². The fraction of sp³-hybridized carbons (Fsp3) is 0.364. The summed E-state index contributed by atoms with van der Waals surface area (Å²) in [6.45, 7) is 1.82. The molecule has 0 aliphatic heterocycles. The molecule has 2 aromatic rings. The predicted molar refractivity (Wildman–Crippen MR) is 75.6 cm³/mol. The Morgan fingerprint density at radius 3 is 2.81 bits per heavy atom. The van der Waals surface area contributed by atoms with E-state index in [1.54, 1.807) is 11.6 Å². The van der Waals surface area contributed by atoms with Gasteiger partial charge in [0.2, 0.25) is 0 Å². The zero-order valence-electron chi connectivity index (χ0n) is 11.3. The van der Waals surface area contributed by atoms with Crippen molar-refractivity contribution in [1.29, 1.82) is 0 Å². The summed E-state index contributed by atoms with van der Waals surface area (Å²) in [5.74, 6) is -1.34. The maximum atomic E-state index is 12.4. The number of nitrogens with one attached hydrogen (secondary N) is 1. The van der Waals surface area contributed by atoms with Gasteiger partial charge in [-0.2, -0.15) is 9.82 Å². The van der Waals surface area contributed by atoms with Gasteiger partial charge in [0.05, 0.1) is 12.2 Å². The Kier molecular flexibility index (Phi) is 4.40. The second-order valence-corrected chi connectivity index (χ2v) is 6.80. The molecule has 21 heavy (non-hydrogen) atoms. The minimum absolute atomic E-state index is 0.362. The second-order valence-electron chi connectivity index (χ2n) is 4.24. The first-order chi connectivity index (χ1) is 9.86. The van der Waals surface area contributed by atoms with Gasteiger partial charge < -0.3 is 5.11 Å². The Morgan fingerprint density at radius 1 is 1.57 bits per heavy atom. The van der Waals surface area contributed by atoms with Gasteiger partial charge in [-0.15, -0.1) is 11.3 Å². The first kappa shape index (κ1) is 15.6. The minimum Gasteiger partial charge on any atom is -0.478 e. The molecular weight excluding hydrogens is 316 g/mol. The van der Waals surface area contributed by atoms with Gasteiger partial charge >= 0.3 is 5.97 Å². The molecule has 0 bridgehead atoms. The summed E-state index contributed by atoms with van der Waals surface area (Å²) in [4.78, 5) is 15.2. The maximum Gasteiger partial charge on any atom is 0.340 e. The zero-order chi connectivity index (χ0) is 15.6. The average molecular weight is 330 g/mol. The van der Waals surface area contributed by atoms with Crippen molar-refractivity contribution in [3.8, 4) is 0 Å². The summed E-state index contributed by atoms with van der Waals surface area (Å²) in [5.41, 5.74) is -0.362. The van der Waals surface area contributed by atoms with Crippen molar-refractivity contribution in [2.75, 3.05) is 0 Å². The molecule has 0 spiro atoms. The molecule has 0 amide bonds. The predicted octanol–water partition coefficient (Wildman–Crippen LogP) is 1.00. The highest BCUT2D eigenvalue weighted by molar-refractivity contribution is 7.89. The van der Waals surface area contributed by atoms with Crippen molar-refractivity contribution >= 4 is 27.3 Å². The molecule has 2 aromatic heterocycles. The number of carbonyl (C=O) groups is 1. The van der Waals surface area contributed by atoms with E-state index in [2.05, 4.69) is 14.8 Å². The number of sulfonamides is 1.